The van der Waals surface area contributed by atoms with Gasteiger partial charge in [-0.2, -0.15) is 0 Å². The van der Waals surface area contributed by atoms with E-state index in [0.717, 1.165) is 19.4 Å². The maximum Gasteiger partial charge on any atom is 0.306 e. The van der Waals surface area contributed by atoms with Gasteiger partial charge >= 0.3 is 5.97 Å². The van der Waals surface area contributed by atoms with Crippen LogP contribution in [0.25, 0.3) is 0 Å². The molecule has 2 aliphatic rings. The Kier molecular flexibility index (Phi) is 2.05. The highest BCUT2D eigenvalue weighted by atomic mass is 16.4. The molecule has 68 valence electrons. The molecule has 0 amide bonds. The molecule has 1 saturated carbocycles. The fourth-order valence-electron chi connectivity index (χ4n) is 2.67. The highest BCUT2D eigenvalue weighted by molar-refractivity contribution is 5.70. The van der Waals surface area contributed by atoms with Crippen LogP contribution in [0.15, 0.2) is 0 Å². The Morgan fingerprint density at radius 2 is 2.17 bits per heavy atom. The van der Waals surface area contributed by atoms with Crippen LogP contribution in [0.4, 0.5) is 0 Å². The zero-order valence-electron chi connectivity index (χ0n) is 7.12. The first kappa shape index (κ1) is 8.05. The van der Waals surface area contributed by atoms with E-state index in [-0.39, 0.29) is 5.92 Å². The molecule has 3 atom stereocenters. The molecule has 2 N–H and O–H groups in total. The molecule has 0 radical (unpaired) electrons. The summed E-state index contributed by atoms with van der Waals surface area (Å²) in [7, 11) is 0. The summed E-state index contributed by atoms with van der Waals surface area (Å²) < 4.78 is 0. The molecule has 3 nitrogen and oxygen atoms in total. The summed E-state index contributed by atoms with van der Waals surface area (Å²) in [5, 5.41) is 12.4. The van der Waals surface area contributed by atoms with Gasteiger partial charge in [0.2, 0.25) is 0 Å². The van der Waals surface area contributed by atoms with Crippen molar-refractivity contribution in [3.05, 3.63) is 0 Å². The molecule has 0 aromatic carbocycles. The Balaban J connectivity index is 2.08. The van der Waals surface area contributed by atoms with Crippen molar-refractivity contribution in [3.63, 3.8) is 0 Å². The molecular weight excluding hydrogens is 154 g/mol. The van der Waals surface area contributed by atoms with Gasteiger partial charge in [0.15, 0.2) is 0 Å². The number of carboxylic acid groups (broad SMARTS) is 1. The average Bonchev–Trinajstić information content (AvgIpc) is 2.49. The predicted molar refractivity (Wildman–Crippen MR) is 44.9 cm³/mol. The third-order valence-corrected chi connectivity index (χ3v) is 3.27. The van der Waals surface area contributed by atoms with Crippen LogP contribution in [0, 0.1) is 11.8 Å². The minimum absolute atomic E-state index is 0.0706. The normalized spacial score (nSPS) is 40.8. The number of aliphatic carboxylic acids is 1. The standard InChI is InChI=1S/C9H15NO2/c11-9(12)7-4-5-10-8-3-1-2-6(7)8/h6-8,10H,1-5H2,(H,11,12)/t6-,7-,8+/m1/s1. The number of nitrogens with one attached hydrogen (secondary N) is 1. The second-order valence-corrected chi connectivity index (χ2v) is 3.89. The van der Waals surface area contributed by atoms with E-state index in [2.05, 4.69) is 5.32 Å². The Labute approximate surface area is 72.2 Å². The molecule has 0 bridgehead atoms. The van der Waals surface area contributed by atoms with Crippen LogP contribution in [0.3, 0.4) is 0 Å². The number of carbonyl (C=O) groups is 1. The van der Waals surface area contributed by atoms with Gasteiger partial charge in [-0.05, 0) is 31.7 Å². The van der Waals surface area contributed by atoms with Gasteiger partial charge in [0.05, 0.1) is 5.92 Å². The molecule has 0 aromatic heterocycles. The molecule has 12 heavy (non-hydrogen) atoms. The number of piperidine rings is 1. The first-order chi connectivity index (χ1) is 5.79. The van der Waals surface area contributed by atoms with E-state index in [1.54, 1.807) is 0 Å². The number of carboxylic acids is 1. The molecule has 1 aliphatic heterocycles. The number of rotatable bonds is 1. The maximum absolute atomic E-state index is 10.9. The van der Waals surface area contributed by atoms with Gasteiger partial charge in [0, 0.05) is 6.04 Å². The van der Waals surface area contributed by atoms with Gasteiger partial charge in [-0.3, -0.25) is 4.79 Å². The van der Waals surface area contributed by atoms with E-state index < -0.39 is 5.97 Å². The summed E-state index contributed by atoms with van der Waals surface area (Å²) in [6, 6.07) is 0.500. The zero-order chi connectivity index (χ0) is 8.55. The quantitative estimate of drug-likeness (QED) is 0.611. The summed E-state index contributed by atoms with van der Waals surface area (Å²) >= 11 is 0. The summed E-state index contributed by atoms with van der Waals surface area (Å²) in [4.78, 5) is 10.9. The topological polar surface area (TPSA) is 49.3 Å². The van der Waals surface area contributed by atoms with E-state index >= 15 is 0 Å². The summed E-state index contributed by atoms with van der Waals surface area (Å²) in [5.74, 6) is -0.247. The maximum atomic E-state index is 10.9. The third-order valence-electron chi connectivity index (χ3n) is 3.27. The lowest BCUT2D eigenvalue weighted by Crippen LogP contribution is -2.45. The molecule has 0 aromatic rings. The lowest BCUT2D eigenvalue weighted by molar-refractivity contribution is -0.145. The van der Waals surface area contributed by atoms with Crippen LogP contribution in [0.1, 0.15) is 25.7 Å². The Morgan fingerprint density at radius 3 is 2.92 bits per heavy atom. The molecule has 1 saturated heterocycles. The molecular formula is C9H15NO2. The van der Waals surface area contributed by atoms with Crippen LogP contribution < -0.4 is 5.32 Å². The minimum Gasteiger partial charge on any atom is -0.481 e. The van der Waals surface area contributed by atoms with Gasteiger partial charge in [0.25, 0.3) is 0 Å². The Bertz CT molecular complexity index is 193. The van der Waals surface area contributed by atoms with Crippen LogP contribution >= 0.6 is 0 Å². The van der Waals surface area contributed by atoms with Crippen LogP contribution in [-0.4, -0.2) is 23.7 Å². The number of hydrogen-bond acceptors (Lipinski definition) is 2. The minimum atomic E-state index is -0.589. The van der Waals surface area contributed by atoms with Gasteiger partial charge in [-0.1, -0.05) is 6.42 Å². The van der Waals surface area contributed by atoms with Gasteiger partial charge in [0.1, 0.15) is 0 Å². The van der Waals surface area contributed by atoms with Crippen LogP contribution in [-0.2, 0) is 4.79 Å². The van der Waals surface area contributed by atoms with Crippen molar-refractivity contribution >= 4 is 5.97 Å². The fraction of sp³-hybridized carbons (Fsp3) is 0.889. The molecule has 0 unspecified atom stereocenters. The Hall–Kier alpha value is -0.570. The molecule has 3 heteroatoms. The second-order valence-electron chi connectivity index (χ2n) is 3.89. The van der Waals surface area contributed by atoms with E-state index in [0.29, 0.717) is 12.0 Å². The monoisotopic (exact) mass is 169 g/mol. The van der Waals surface area contributed by atoms with Crippen LogP contribution in [0.5, 0.6) is 0 Å². The van der Waals surface area contributed by atoms with Gasteiger partial charge < -0.3 is 10.4 Å². The smallest absolute Gasteiger partial charge is 0.306 e. The summed E-state index contributed by atoms with van der Waals surface area (Å²) in [6.45, 7) is 0.887. The molecule has 1 heterocycles. The average molecular weight is 169 g/mol. The molecule has 0 spiro atoms. The van der Waals surface area contributed by atoms with Crippen molar-refractivity contribution in [1.29, 1.82) is 0 Å². The largest absolute Gasteiger partial charge is 0.481 e. The van der Waals surface area contributed by atoms with E-state index in [1.807, 2.05) is 0 Å². The third kappa shape index (κ3) is 1.22. The second kappa shape index (κ2) is 3.05. The van der Waals surface area contributed by atoms with E-state index in [4.69, 9.17) is 5.11 Å². The van der Waals surface area contributed by atoms with Gasteiger partial charge in [-0.15, -0.1) is 0 Å². The molecule has 2 rings (SSSR count). The highest BCUT2D eigenvalue weighted by Gasteiger charge is 2.39. The van der Waals surface area contributed by atoms with Crippen molar-refractivity contribution < 1.29 is 9.90 Å². The first-order valence-corrected chi connectivity index (χ1v) is 4.75. The lowest BCUT2D eigenvalue weighted by atomic mass is 9.82. The zero-order valence-corrected chi connectivity index (χ0v) is 7.12. The number of hydrogen-bond donors (Lipinski definition) is 2. The Morgan fingerprint density at radius 1 is 1.33 bits per heavy atom. The fourth-order valence-corrected chi connectivity index (χ4v) is 2.67. The number of fused-ring (bicyclic) bond motifs is 1. The highest BCUT2D eigenvalue weighted by Crippen LogP contribution is 2.36. The SMILES string of the molecule is O=C(O)[C@@H]1CCN[C@H]2CCC[C@@H]21. The molecule has 1 aliphatic carbocycles. The van der Waals surface area contributed by atoms with Crippen molar-refractivity contribution in [2.75, 3.05) is 6.54 Å². The van der Waals surface area contributed by atoms with Crippen molar-refractivity contribution in [1.82, 2.24) is 5.32 Å². The van der Waals surface area contributed by atoms with Crippen molar-refractivity contribution in [3.8, 4) is 0 Å². The van der Waals surface area contributed by atoms with Crippen molar-refractivity contribution in [2.45, 2.75) is 31.7 Å². The molecule has 2 fully saturated rings. The van der Waals surface area contributed by atoms with E-state index in [9.17, 15) is 4.79 Å². The van der Waals surface area contributed by atoms with Crippen molar-refractivity contribution in [2.24, 2.45) is 11.8 Å². The lowest BCUT2D eigenvalue weighted by Gasteiger charge is -2.32. The van der Waals surface area contributed by atoms with Gasteiger partial charge in [-0.25, -0.2) is 0 Å². The summed E-state index contributed by atoms with van der Waals surface area (Å²) in [6.07, 6.45) is 4.30. The summed E-state index contributed by atoms with van der Waals surface area (Å²) in [5.41, 5.74) is 0. The van der Waals surface area contributed by atoms with E-state index in [1.165, 1.54) is 12.8 Å². The first-order valence-electron chi connectivity index (χ1n) is 4.75. The van der Waals surface area contributed by atoms with Crippen LogP contribution in [0.2, 0.25) is 0 Å². The predicted octanol–water partition coefficient (Wildman–Crippen LogP) is 0.849.